The Morgan fingerprint density at radius 1 is 1.30 bits per heavy atom. The number of nitrogens with two attached hydrogens (primary N) is 1. The minimum atomic E-state index is -0.455. The van der Waals surface area contributed by atoms with E-state index in [4.69, 9.17) is 5.73 Å². The Morgan fingerprint density at radius 2 is 2.07 bits per heavy atom. The van der Waals surface area contributed by atoms with Crippen LogP contribution in [0.5, 0.6) is 0 Å². The summed E-state index contributed by atoms with van der Waals surface area (Å²) in [6.45, 7) is 4.43. The van der Waals surface area contributed by atoms with Gasteiger partial charge in [-0.2, -0.15) is 0 Å². The van der Waals surface area contributed by atoms with Gasteiger partial charge in [0.1, 0.15) is 0 Å². The van der Waals surface area contributed by atoms with Crippen molar-refractivity contribution in [1.29, 1.82) is 0 Å². The molecule has 3 rings (SSSR count). The molecular weight excluding hydrogens is 362 g/mol. The zero-order chi connectivity index (χ0) is 19.6. The third-order valence-electron chi connectivity index (χ3n) is 4.67. The number of hydrogen-bond acceptors (Lipinski definition) is 4. The number of thiophene rings is 1. The highest BCUT2D eigenvalue weighted by Gasteiger charge is 2.27. The highest BCUT2D eigenvalue weighted by Crippen LogP contribution is 2.27. The fourth-order valence-corrected chi connectivity index (χ4v) is 3.96. The molecule has 0 aliphatic carbocycles. The van der Waals surface area contributed by atoms with Gasteiger partial charge in [-0.05, 0) is 55.0 Å². The first-order valence-corrected chi connectivity index (χ1v) is 9.82. The minimum Gasteiger partial charge on any atom is -0.365 e. The lowest BCUT2D eigenvalue weighted by molar-refractivity contribution is -0.119. The quantitative estimate of drug-likeness (QED) is 0.801. The van der Waals surface area contributed by atoms with Crippen LogP contribution in [0.4, 0.5) is 0 Å². The number of benzene rings is 1. The molecule has 2 heterocycles. The van der Waals surface area contributed by atoms with Crippen LogP contribution in [-0.2, 0) is 4.79 Å². The van der Waals surface area contributed by atoms with E-state index in [0.717, 1.165) is 17.5 Å². The highest BCUT2D eigenvalue weighted by molar-refractivity contribution is 7.12. The predicted molar refractivity (Wildman–Crippen MR) is 106 cm³/mol. The van der Waals surface area contributed by atoms with Crippen molar-refractivity contribution in [3.8, 4) is 11.1 Å². The van der Waals surface area contributed by atoms with E-state index in [0.29, 0.717) is 23.4 Å². The zero-order valence-electron chi connectivity index (χ0n) is 15.4. The van der Waals surface area contributed by atoms with Gasteiger partial charge in [0.25, 0.3) is 11.8 Å². The molecule has 142 valence electrons. The Bertz CT molecular complexity index is 875. The van der Waals surface area contributed by atoms with Gasteiger partial charge in [0.05, 0.1) is 4.88 Å². The van der Waals surface area contributed by atoms with Gasteiger partial charge in [-0.25, -0.2) is 0 Å². The molecule has 27 heavy (non-hydrogen) atoms. The fraction of sp³-hybridized carbons (Fsp3) is 0.350. The van der Waals surface area contributed by atoms with Crippen LogP contribution in [-0.4, -0.2) is 41.2 Å². The van der Waals surface area contributed by atoms with Crippen molar-refractivity contribution in [1.82, 2.24) is 10.2 Å². The smallest absolute Gasteiger partial charge is 0.258 e. The normalized spacial score (nSPS) is 16.4. The molecule has 0 bridgehead atoms. The van der Waals surface area contributed by atoms with E-state index >= 15 is 0 Å². The van der Waals surface area contributed by atoms with Gasteiger partial charge in [-0.1, -0.05) is 12.1 Å². The second-order valence-corrected chi connectivity index (χ2v) is 7.91. The van der Waals surface area contributed by atoms with E-state index in [-0.39, 0.29) is 23.9 Å². The SMILES string of the molecule is CC(C)N(CC1CCC(=O)N1)C(=O)c1cccc(-c2csc(C(N)=O)c2)c1. The molecular formula is C20H23N3O3S. The molecule has 3 N–H and O–H groups in total. The van der Waals surface area contributed by atoms with Gasteiger partial charge in [0.2, 0.25) is 5.91 Å². The monoisotopic (exact) mass is 385 g/mol. The number of primary amides is 1. The van der Waals surface area contributed by atoms with Gasteiger partial charge in [0.15, 0.2) is 0 Å². The lowest BCUT2D eigenvalue weighted by Gasteiger charge is -2.29. The number of nitrogens with zero attached hydrogens (tertiary/aromatic N) is 1. The Morgan fingerprint density at radius 3 is 2.67 bits per heavy atom. The standard InChI is InChI=1S/C20H23N3O3S/c1-12(2)23(10-16-6-7-18(24)22-16)20(26)14-5-3-4-13(8-14)15-9-17(19(21)25)27-11-15/h3-5,8-9,11-12,16H,6-7,10H2,1-2H3,(H2,21,25)(H,22,24). The Balaban J connectivity index is 1.81. The molecule has 0 saturated carbocycles. The minimum absolute atomic E-state index is 0.00188. The molecule has 1 fully saturated rings. The number of amides is 3. The molecule has 7 heteroatoms. The second-order valence-electron chi connectivity index (χ2n) is 7.00. The van der Waals surface area contributed by atoms with E-state index in [2.05, 4.69) is 5.32 Å². The number of carbonyl (C=O) groups excluding carboxylic acids is 3. The van der Waals surface area contributed by atoms with Gasteiger partial charge in [0, 0.05) is 30.6 Å². The molecule has 1 aliphatic rings. The van der Waals surface area contributed by atoms with Gasteiger partial charge >= 0.3 is 0 Å². The summed E-state index contributed by atoms with van der Waals surface area (Å²) in [7, 11) is 0. The van der Waals surface area contributed by atoms with E-state index in [1.807, 2.05) is 37.4 Å². The summed E-state index contributed by atoms with van der Waals surface area (Å²) in [5, 5.41) is 4.78. The molecule has 1 atom stereocenters. The lowest BCUT2D eigenvalue weighted by Crippen LogP contribution is -2.45. The zero-order valence-corrected chi connectivity index (χ0v) is 16.2. The topological polar surface area (TPSA) is 92.5 Å². The summed E-state index contributed by atoms with van der Waals surface area (Å²) in [6.07, 6.45) is 1.26. The largest absolute Gasteiger partial charge is 0.365 e. The van der Waals surface area contributed by atoms with Gasteiger partial charge in [-0.15, -0.1) is 11.3 Å². The van der Waals surface area contributed by atoms with Crippen molar-refractivity contribution in [2.24, 2.45) is 5.73 Å². The maximum atomic E-state index is 13.1. The van der Waals surface area contributed by atoms with E-state index < -0.39 is 5.91 Å². The number of carbonyl (C=O) groups is 3. The molecule has 1 saturated heterocycles. The van der Waals surface area contributed by atoms with E-state index in [1.54, 1.807) is 17.0 Å². The molecule has 0 spiro atoms. The first-order valence-electron chi connectivity index (χ1n) is 8.94. The van der Waals surface area contributed by atoms with Crippen LogP contribution < -0.4 is 11.1 Å². The maximum Gasteiger partial charge on any atom is 0.258 e. The maximum absolute atomic E-state index is 13.1. The summed E-state index contributed by atoms with van der Waals surface area (Å²) >= 11 is 1.29. The van der Waals surface area contributed by atoms with Crippen LogP contribution in [0.25, 0.3) is 11.1 Å². The highest BCUT2D eigenvalue weighted by atomic mass is 32.1. The number of nitrogens with one attached hydrogen (secondary N) is 1. The Kier molecular flexibility index (Phi) is 5.60. The van der Waals surface area contributed by atoms with Crippen molar-refractivity contribution in [2.75, 3.05) is 6.54 Å². The third kappa shape index (κ3) is 4.36. The first-order chi connectivity index (χ1) is 12.8. The van der Waals surface area contributed by atoms with Crippen LogP contribution >= 0.6 is 11.3 Å². The Hall–Kier alpha value is -2.67. The van der Waals surface area contributed by atoms with Crippen LogP contribution in [0.15, 0.2) is 35.7 Å². The molecule has 1 aromatic heterocycles. The van der Waals surface area contributed by atoms with Crippen LogP contribution in [0.2, 0.25) is 0 Å². The fourth-order valence-electron chi connectivity index (χ4n) is 3.19. The first kappa shape index (κ1) is 19.1. The summed E-state index contributed by atoms with van der Waals surface area (Å²) in [4.78, 5) is 38.1. The van der Waals surface area contributed by atoms with Gasteiger partial charge in [-0.3, -0.25) is 14.4 Å². The lowest BCUT2D eigenvalue weighted by atomic mass is 10.0. The average molecular weight is 385 g/mol. The molecule has 3 amide bonds. The number of hydrogen-bond donors (Lipinski definition) is 2. The average Bonchev–Trinajstić information content (AvgIpc) is 3.28. The summed E-state index contributed by atoms with van der Waals surface area (Å²) < 4.78 is 0. The van der Waals surface area contributed by atoms with Crippen LogP contribution in [0, 0.1) is 0 Å². The van der Waals surface area contributed by atoms with Gasteiger partial charge < -0.3 is 16.0 Å². The predicted octanol–water partition coefficient (Wildman–Crippen LogP) is 2.64. The summed E-state index contributed by atoms with van der Waals surface area (Å²) in [5.74, 6) is -0.484. The molecule has 1 aromatic carbocycles. The van der Waals surface area contributed by atoms with Crippen LogP contribution in [0.1, 0.15) is 46.7 Å². The Labute approximate surface area is 162 Å². The van der Waals surface area contributed by atoms with Crippen molar-refractivity contribution >= 4 is 29.1 Å². The molecule has 0 radical (unpaired) electrons. The van der Waals surface area contributed by atoms with Crippen molar-refractivity contribution in [3.05, 3.63) is 46.2 Å². The van der Waals surface area contributed by atoms with Crippen LogP contribution in [0.3, 0.4) is 0 Å². The molecule has 6 nitrogen and oxygen atoms in total. The number of rotatable bonds is 6. The van der Waals surface area contributed by atoms with Crippen molar-refractivity contribution in [3.63, 3.8) is 0 Å². The van der Waals surface area contributed by atoms with Crippen molar-refractivity contribution in [2.45, 2.75) is 38.8 Å². The molecule has 1 unspecified atom stereocenters. The molecule has 2 aromatic rings. The summed E-state index contributed by atoms with van der Waals surface area (Å²) in [5.41, 5.74) is 7.63. The van der Waals surface area contributed by atoms with Crippen molar-refractivity contribution < 1.29 is 14.4 Å². The van der Waals surface area contributed by atoms with E-state index in [9.17, 15) is 14.4 Å². The molecule has 1 aliphatic heterocycles. The second kappa shape index (κ2) is 7.92. The summed E-state index contributed by atoms with van der Waals surface area (Å²) in [6, 6.07) is 9.11. The van der Waals surface area contributed by atoms with E-state index in [1.165, 1.54) is 11.3 Å². The third-order valence-corrected chi connectivity index (χ3v) is 5.62.